The number of piperidine rings is 1. The third-order valence-electron chi connectivity index (χ3n) is 4.44. The average Bonchev–Trinajstić information content (AvgIpc) is 3.00. The molecule has 1 aromatic heterocycles. The predicted octanol–water partition coefficient (Wildman–Crippen LogP) is 2.72. The number of para-hydroxylation sites is 1. The normalized spacial score (nSPS) is 20.4. The van der Waals surface area contributed by atoms with Gasteiger partial charge in [-0.1, -0.05) is 23.7 Å². The van der Waals surface area contributed by atoms with Crippen molar-refractivity contribution in [3.8, 4) is 5.75 Å². The molecule has 124 valence electrons. The summed E-state index contributed by atoms with van der Waals surface area (Å²) in [5, 5.41) is 12.5. The first-order valence-electron chi connectivity index (χ1n) is 7.98. The monoisotopic (exact) mass is 335 g/mol. The summed E-state index contributed by atoms with van der Waals surface area (Å²) in [6.45, 7) is 4.89. The van der Waals surface area contributed by atoms with E-state index in [1.54, 1.807) is 4.68 Å². The first kappa shape index (κ1) is 16.2. The van der Waals surface area contributed by atoms with Crippen molar-refractivity contribution in [2.24, 2.45) is 13.0 Å². The van der Waals surface area contributed by atoms with Gasteiger partial charge in [-0.05, 0) is 48.9 Å². The second-order valence-electron chi connectivity index (χ2n) is 6.08. The van der Waals surface area contributed by atoms with Gasteiger partial charge < -0.3 is 4.74 Å². The molecule has 1 aliphatic heterocycles. The molecule has 2 atom stereocenters. The van der Waals surface area contributed by atoms with Crippen molar-refractivity contribution in [2.75, 3.05) is 19.7 Å². The Bertz CT molecular complexity index is 647. The lowest BCUT2D eigenvalue weighted by Crippen LogP contribution is -2.40. The number of tetrazole rings is 1. The standard InChI is InChI=1S/C16H22ClN5O/c1-12(16-18-19-20-21(16)2)22-9-5-6-13(10-22)11-23-15-8-4-3-7-14(15)17/h3-4,7-8,12-13H,5-6,9-11H2,1-2H3/t12-,13+/m0/s1. The molecule has 23 heavy (non-hydrogen) atoms. The van der Waals surface area contributed by atoms with E-state index in [0.29, 0.717) is 17.5 Å². The Kier molecular flexibility index (Phi) is 5.13. The van der Waals surface area contributed by atoms with E-state index in [0.717, 1.165) is 31.1 Å². The molecule has 0 amide bonds. The van der Waals surface area contributed by atoms with Crippen LogP contribution in [-0.4, -0.2) is 44.8 Å². The van der Waals surface area contributed by atoms with Crippen molar-refractivity contribution in [3.05, 3.63) is 35.1 Å². The Morgan fingerprint density at radius 3 is 2.96 bits per heavy atom. The molecule has 2 aromatic rings. The lowest BCUT2D eigenvalue weighted by molar-refractivity contribution is 0.0961. The van der Waals surface area contributed by atoms with Gasteiger partial charge in [0.05, 0.1) is 17.7 Å². The number of aromatic nitrogens is 4. The largest absolute Gasteiger partial charge is 0.492 e. The topological polar surface area (TPSA) is 56.1 Å². The Morgan fingerprint density at radius 1 is 1.39 bits per heavy atom. The minimum absolute atomic E-state index is 0.207. The number of hydrogen-bond acceptors (Lipinski definition) is 5. The van der Waals surface area contributed by atoms with Gasteiger partial charge in [-0.25, -0.2) is 4.68 Å². The summed E-state index contributed by atoms with van der Waals surface area (Å²) in [4.78, 5) is 2.43. The van der Waals surface area contributed by atoms with Crippen LogP contribution in [0.1, 0.15) is 31.6 Å². The molecular formula is C16H22ClN5O. The number of hydrogen-bond donors (Lipinski definition) is 0. The molecule has 6 nitrogen and oxygen atoms in total. The average molecular weight is 336 g/mol. The molecule has 0 bridgehead atoms. The van der Waals surface area contributed by atoms with Gasteiger partial charge in [0.25, 0.3) is 0 Å². The summed E-state index contributed by atoms with van der Waals surface area (Å²) in [7, 11) is 1.88. The Morgan fingerprint density at radius 2 is 2.22 bits per heavy atom. The summed E-state index contributed by atoms with van der Waals surface area (Å²) >= 11 is 6.15. The van der Waals surface area contributed by atoms with E-state index >= 15 is 0 Å². The maximum atomic E-state index is 6.15. The molecular weight excluding hydrogens is 314 g/mol. The van der Waals surface area contributed by atoms with Crippen LogP contribution in [0.5, 0.6) is 5.75 Å². The van der Waals surface area contributed by atoms with E-state index in [1.165, 1.54) is 6.42 Å². The summed E-state index contributed by atoms with van der Waals surface area (Å²) < 4.78 is 7.66. The van der Waals surface area contributed by atoms with Crippen LogP contribution in [0.2, 0.25) is 5.02 Å². The first-order chi connectivity index (χ1) is 11.1. The minimum atomic E-state index is 0.207. The van der Waals surface area contributed by atoms with Gasteiger partial charge in [0.1, 0.15) is 5.75 Å². The predicted molar refractivity (Wildman–Crippen MR) is 88.5 cm³/mol. The second-order valence-corrected chi connectivity index (χ2v) is 6.49. The zero-order valence-corrected chi connectivity index (χ0v) is 14.3. The quantitative estimate of drug-likeness (QED) is 0.841. The van der Waals surface area contributed by atoms with Crippen LogP contribution >= 0.6 is 11.6 Å². The Balaban J connectivity index is 1.58. The van der Waals surface area contributed by atoms with Gasteiger partial charge in [0.15, 0.2) is 5.82 Å². The van der Waals surface area contributed by atoms with E-state index in [2.05, 4.69) is 27.3 Å². The molecule has 2 heterocycles. The number of likely N-dealkylation sites (tertiary alicyclic amines) is 1. The molecule has 0 aliphatic carbocycles. The molecule has 3 rings (SSSR count). The number of ether oxygens (including phenoxy) is 1. The van der Waals surface area contributed by atoms with Gasteiger partial charge in [-0.15, -0.1) is 5.10 Å². The summed E-state index contributed by atoms with van der Waals surface area (Å²) in [6.07, 6.45) is 2.33. The number of aryl methyl sites for hydroxylation is 1. The smallest absolute Gasteiger partial charge is 0.167 e. The van der Waals surface area contributed by atoms with Crippen molar-refractivity contribution in [1.29, 1.82) is 0 Å². The minimum Gasteiger partial charge on any atom is -0.492 e. The molecule has 1 aliphatic rings. The molecule has 1 saturated heterocycles. The zero-order valence-electron chi connectivity index (χ0n) is 13.5. The highest BCUT2D eigenvalue weighted by molar-refractivity contribution is 6.32. The van der Waals surface area contributed by atoms with Gasteiger partial charge in [-0.2, -0.15) is 0 Å². The lowest BCUT2D eigenvalue weighted by atomic mass is 9.97. The van der Waals surface area contributed by atoms with Crippen LogP contribution in [0.15, 0.2) is 24.3 Å². The number of benzene rings is 1. The van der Waals surface area contributed by atoms with E-state index in [9.17, 15) is 0 Å². The fourth-order valence-corrected chi connectivity index (χ4v) is 3.30. The van der Waals surface area contributed by atoms with Crippen LogP contribution in [0.25, 0.3) is 0 Å². The highest BCUT2D eigenvalue weighted by Gasteiger charge is 2.27. The molecule has 0 unspecified atom stereocenters. The summed E-state index contributed by atoms with van der Waals surface area (Å²) in [5.74, 6) is 2.15. The van der Waals surface area contributed by atoms with E-state index < -0.39 is 0 Å². The SMILES string of the molecule is C[C@@H](c1nnnn1C)N1CCC[C@@H](COc2ccccc2Cl)C1. The van der Waals surface area contributed by atoms with Crippen molar-refractivity contribution < 1.29 is 4.74 Å². The molecule has 0 saturated carbocycles. The first-order valence-corrected chi connectivity index (χ1v) is 8.36. The third kappa shape index (κ3) is 3.82. The number of nitrogens with zero attached hydrogens (tertiary/aromatic N) is 5. The second kappa shape index (κ2) is 7.27. The van der Waals surface area contributed by atoms with E-state index in [4.69, 9.17) is 16.3 Å². The van der Waals surface area contributed by atoms with E-state index in [1.807, 2.05) is 31.3 Å². The van der Waals surface area contributed by atoms with Crippen molar-refractivity contribution in [2.45, 2.75) is 25.8 Å². The maximum Gasteiger partial charge on any atom is 0.167 e. The Labute approximate surface area is 141 Å². The molecule has 0 spiro atoms. The van der Waals surface area contributed by atoms with Gasteiger partial charge in [0.2, 0.25) is 0 Å². The van der Waals surface area contributed by atoms with Gasteiger partial charge >= 0.3 is 0 Å². The molecule has 0 N–H and O–H groups in total. The van der Waals surface area contributed by atoms with Crippen LogP contribution in [0.4, 0.5) is 0 Å². The van der Waals surface area contributed by atoms with Crippen LogP contribution in [-0.2, 0) is 7.05 Å². The van der Waals surface area contributed by atoms with Gasteiger partial charge in [0, 0.05) is 19.5 Å². The van der Waals surface area contributed by atoms with Gasteiger partial charge in [-0.3, -0.25) is 4.90 Å². The highest BCUT2D eigenvalue weighted by atomic mass is 35.5. The van der Waals surface area contributed by atoms with E-state index in [-0.39, 0.29) is 6.04 Å². The van der Waals surface area contributed by atoms with Crippen LogP contribution < -0.4 is 4.74 Å². The summed E-state index contributed by atoms with van der Waals surface area (Å²) in [6, 6.07) is 7.83. The lowest BCUT2D eigenvalue weighted by Gasteiger charge is -2.35. The molecule has 7 heteroatoms. The number of rotatable bonds is 5. The maximum absolute atomic E-state index is 6.15. The fraction of sp³-hybridized carbons (Fsp3) is 0.562. The van der Waals surface area contributed by atoms with Crippen LogP contribution in [0, 0.1) is 5.92 Å². The highest BCUT2D eigenvalue weighted by Crippen LogP contribution is 2.27. The molecule has 0 radical (unpaired) electrons. The third-order valence-corrected chi connectivity index (χ3v) is 4.75. The zero-order chi connectivity index (χ0) is 16.2. The van der Waals surface area contributed by atoms with Crippen molar-refractivity contribution in [3.63, 3.8) is 0 Å². The van der Waals surface area contributed by atoms with Crippen molar-refractivity contribution >= 4 is 11.6 Å². The molecule has 1 fully saturated rings. The number of halogens is 1. The summed E-state index contributed by atoms with van der Waals surface area (Å²) in [5.41, 5.74) is 0. The molecule has 1 aromatic carbocycles. The Hall–Kier alpha value is -1.66. The fourth-order valence-electron chi connectivity index (χ4n) is 3.11. The van der Waals surface area contributed by atoms with Crippen molar-refractivity contribution in [1.82, 2.24) is 25.1 Å². The van der Waals surface area contributed by atoms with Crippen LogP contribution in [0.3, 0.4) is 0 Å².